The normalized spacial score (nSPS) is 11.0. The lowest BCUT2D eigenvalue weighted by Crippen LogP contribution is -2.25. The second-order valence-corrected chi connectivity index (χ2v) is 5.49. The van der Waals surface area contributed by atoms with Crippen LogP contribution in [0.3, 0.4) is 0 Å². The van der Waals surface area contributed by atoms with Gasteiger partial charge in [-0.05, 0) is 36.2 Å². The Morgan fingerprint density at radius 1 is 1.00 bits per heavy atom. The van der Waals surface area contributed by atoms with Crippen molar-refractivity contribution in [2.45, 2.75) is 19.5 Å². The van der Waals surface area contributed by atoms with Crippen LogP contribution >= 0.6 is 11.6 Å². The number of halogens is 2. The fourth-order valence-electron chi connectivity index (χ4n) is 2.27. The smallest absolute Gasteiger partial charge is 0.141 e. The molecule has 2 rings (SSSR count). The Labute approximate surface area is 130 Å². The highest BCUT2D eigenvalue weighted by Gasteiger charge is 2.08. The van der Waals surface area contributed by atoms with Gasteiger partial charge in [-0.2, -0.15) is 0 Å². The first-order valence-electron chi connectivity index (χ1n) is 7.09. The number of nitrogens with two attached hydrogens (primary N) is 1. The molecule has 0 aliphatic carbocycles. The van der Waals surface area contributed by atoms with E-state index in [-0.39, 0.29) is 10.8 Å². The summed E-state index contributed by atoms with van der Waals surface area (Å²) in [5.74, 6) is -0.378. The molecule has 0 amide bonds. The third-order valence-corrected chi connectivity index (χ3v) is 3.61. The zero-order chi connectivity index (χ0) is 15.1. The van der Waals surface area contributed by atoms with Gasteiger partial charge in [0, 0.05) is 19.6 Å². The van der Waals surface area contributed by atoms with Gasteiger partial charge in [-0.25, -0.2) is 4.39 Å². The van der Waals surface area contributed by atoms with Gasteiger partial charge in [0.25, 0.3) is 0 Å². The van der Waals surface area contributed by atoms with E-state index in [1.54, 1.807) is 12.1 Å². The zero-order valence-corrected chi connectivity index (χ0v) is 12.7. The molecule has 0 atom stereocenters. The largest absolute Gasteiger partial charge is 0.330 e. The highest BCUT2D eigenvalue weighted by molar-refractivity contribution is 6.30. The first kappa shape index (κ1) is 16.0. The first-order chi connectivity index (χ1) is 10.2. The molecule has 0 aromatic heterocycles. The van der Waals surface area contributed by atoms with Crippen LogP contribution in [0.15, 0.2) is 48.5 Å². The second kappa shape index (κ2) is 8.13. The van der Waals surface area contributed by atoms with Crippen LogP contribution in [0.5, 0.6) is 0 Å². The molecule has 2 N–H and O–H groups in total. The molecule has 2 nitrogen and oxygen atoms in total. The van der Waals surface area contributed by atoms with Crippen LogP contribution in [0.4, 0.5) is 4.39 Å². The average molecular weight is 307 g/mol. The average Bonchev–Trinajstić information content (AvgIpc) is 2.49. The van der Waals surface area contributed by atoms with Crippen molar-refractivity contribution in [2.75, 3.05) is 13.1 Å². The quantitative estimate of drug-likeness (QED) is 0.842. The van der Waals surface area contributed by atoms with Gasteiger partial charge in [-0.15, -0.1) is 0 Å². The van der Waals surface area contributed by atoms with Crippen LogP contribution in [0, 0.1) is 5.82 Å². The molecule has 0 bridgehead atoms. The zero-order valence-electron chi connectivity index (χ0n) is 11.9. The maximum atomic E-state index is 13.2. The summed E-state index contributed by atoms with van der Waals surface area (Å²) in [5.41, 5.74) is 7.87. The van der Waals surface area contributed by atoms with Gasteiger partial charge in [0.1, 0.15) is 5.82 Å². The van der Waals surface area contributed by atoms with E-state index in [4.69, 9.17) is 17.3 Å². The number of hydrogen-bond acceptors (Lipinski definition) is 2. The van der Waals surface area contributed by atoms with Crippen molar-refractivity contribution in [1.82, 2.24) is 4.90 Å². The van der Waals surface area contributed by atoms with Crippen molar-refractivity contribution in [3.05, 3.63) is 70.5 Å². The third-order valence-electron chi connectivity index (χ3n) is 3.32. The molecule has 0 heterocycles. The van der Waals surface area contributed by atoms with Crippen molar-refractivity contribution in [1.29, 1.82) is 0 Å². The lowest BCUT2D eigenvalue weighted by atomic mass is 10.1. The van der Waals surface area contributed by atoms with Crippen LogP contribution in [-0.2, 0) is 13.1 Å². The standard InChI is InChI=1S/C17H20ClFN2/c18-16-11-15(7-8-17(16)19)13-21(10-4-9-20)12-14-5-2-1-3-6-14/h1-3,5-8,11H,4,9-10,12-13,20H2. The highest BCUT2D eigenvalue weighted by atomic mass is 35.5. The molecule has 0 fully saturated rings. The number of nitrogens with zero attached hydrogens (tertiary/aromatic N) is 1. The van der Waals surface area contributed by atoms with E-state index < -0.39 is 0 Å². The van der Waals surface area contributed by atoms with E-state index in [9.17, 15) is 4.39 Å². The third kappa shape index (κ3) is 5.12. The van der Waals surface area contributed by atoms with E-state index in [1.807, 2.05) is 18.2 Å². The minimum Gasteiger partial charge on any atom is -0.330 e. The maximum absolute atomic E-state index is 13.2. The Balaban J connectivity index is 2.06. The summed E-state index contributed by atoms with van der Waals surface area (Å²) < 4.78 is 13.2. The van der Waals surface area contributed by atoms with Gasteiger partial charge < -0.3 is 5.73 Å². The monoisotopic (exact) mass is 306 g/mol. The van der Waals surface area contributed by atoms with Crippen molar-refractivity contribution >= 4 is 11.6 Å². The molecule has 2 aromatic carbocycles. The Morgan fingerprint density at radius 2 is 1.71 bits per heavy atom. The number of rotatable bonds is 7. The Bertz CT molecular complexity index is 560. The molecule has 21 heavy (non-hydrogen) atoms. The van der Waals surface area contributed by atoms with Crippen LogP contribution in [0.2, 0.25) is 5.02 Å². The summed E-state index contributed by atoms with van der Waals surface area (Å²) in [6.45, 7) is 3.14. The Kier molecular flexibility index (Phi) is 6.18. The number of benzene rings is 2. The van der Waals surface area contributed by atoms with Crippen molar-refractivity contribution in [3.8, 4) is 0 Å². The Hall–Kier alpha value is -1.42. The molecule has 0 spiro atoms. The second-order valence-electron chi connectivity index (χ2n) is 5.09. The van der Waals surface area contributed by atoms with Crippen molar-refractivity contribution in [2.24, 2.45) is 5.73 Å². The lowest BCUT2D eigenvalue weighted by Gasteiger charge is -2.22. The summed E-state index contributed by atoms with van der Waals surface area (Å²) in [6, 6.07) is 15.2. The fourth-order valence-corrected chi connectivity index (χ4v) is 2.47. The maximum Gasteiger partial charge on any atom is 0.141 e. The minimum absolute atomic E-state index is 0.172. The van der Waals surface area contributed by atoms with Crippen molar-refractivity contribution < 1.29 is 4.39 Å². The molecule has 0 unspecified atom stereocenters. The first-order valence-corrected chi connectivity index (χ1v) is 7.47. The lowest BCUT2D eigenvalue weighted by molar-refractivity contribution is 0.255. The summed E-state index contributed by atoms with van der Waals surface area (Å²) in [7, 11) is 0. The van der Waals surface area contributed by atoms with E-state index in [0.29, 0.717) is 6.54 Å². The topological polar surface area (TPSA) is 29.3 Å². The van der Waals surface area contributed by atoms with E-state index in [2.05, 4.69) is 17.0 Å². The summed E-state index contributed by atoms with van der Waals surface area (Å²) in [6.07, 6.45) is 0.932. The Morgan fingerprint density at radius 3 is 2.38 bits per heavy atom. The number of hydrogen-bond donors (Lipinski definition) is 1. The summed E-state index contributed by atoms with van der Waals surface area (Å²) in [5, 5.41) is 0.172. The van der Waals surface area contributed by atoms with Gasteiger partial charge >= 0.3 is 0 Å². The molecule has 0 aliphatic rings. The van der Waals surface area contributed by atoms with Gasteiger partial charge in [0.05, 0.1) is 5.02 Å². The molecule has 0 saturated carbocycles. The fraction of sp³-hybridized carbons (Fsp3) is 0.294. The SMILES string of the molecule is NCCCN(Cc1ccccc1)Cc1ccc(F)c(Cl)c1. The van der Waals surface area contributed by atoms with E-state index >= 15 is 0 Å². The molecule has 0 radical (unpaired) electrons. The highest BCUT2D eigenvalue weighted by Crippen LogP contribution is 2.18. The van der Waals surface area contributed by atoms with Gasteiger partial charge in [0.2, 0.25) is 0 Å². The predicted molar refractivity (Wildman–Crippen MR) is 85.6 cm³/mol. The van der Waals surface area contributed by atoms with E-state index in [0.717, 1.165) is 31.6 Å². The van der Waals surface area contributed by atoms with E-state index in [1.165, 1.54) is 11.6 Å². The minimum atomic E-state index is -0.378. The van der Waals surface area contributed by atoms with Gasteiger partial charge in [-0.3, -0.25) is 4.90 Å². The van der Waals surface area contributed by atoms with Crippen LogP contribution < -0.4 is 5.73 Å². The van der Waals surface area contributed by atoms with Crippen LogP contribution in [0.25, 0.3) is 0 Å². The summed E-state index contributed by atoms with van der Waals surface area (Å²) in [4.78, 5) is 2.30. The molecule has 2 aromatic rings. The van der Waals surface area contributed by atoms with Gasteiger partial charge in [-0.1, -0.05) is 48.0 Å². The molecule has 112 valence electrons. The molecule has 0 saturated heterocycles. The predicted octanol–water partition coefficient (Wildman–Crippen LogP) is 3.83. The summed E-state index contributed by atoms with van der Waals surface area (Å²) >= 11 is 5.85. The molecular formula is C17H20ClFN2. The molecule has 4 heteroatoms. The van der Waals surface area contributed by atoms with Crippen LogP contribution in [0.1, 0.15) is 17.5 Å². The van der Waals surface area contributed by atoms with Gasteiger partial charge in [0.15, 0.2) is 0 Å². The van der Waals surface area contributed by atoms with Crippen molar-refractivity contribution in [3.63, 3.8) is 0 Å². The molecule has 0 aliphatic heterocycles. The molecular weight excluding hydrogens is 287 g/mol. The van der Waals surface area contributed by atoms with Crippen LogP contribution in [-0.4, -0.2) is 18.0 Å².